The third-order valence-electron chi connectivity index (χ3n) is 4.16. The number of ketones is 1. The molecule has 1 aliphatic heterocycles. The van der Waals surface area contributed by atoms with Crippen molar-refractivity contribution in [3.63, 3.8) is 0 Å². The maximum absolute atomic E-state index is 12.1. The lowest BCUT2D eigenvalue weighted by atomic mass is 9.92. The van der Waals surface area contributed by atoms with Crippen molar-refractivity contribution < 1.29 is 4.79 Å². The van der Waals surface area contributed by atoms with Crippen LogP contribution in [0.1, 0.15) is 15.9 Å². The van der Waals surface area contributed by atoms with Crippen molar-refractivity contribution in [3.05, 3.63) is 65.9 Å². The lowest BCUT2D eigenvalue weighted by molar-refractivity contribution is 0.1000. The molecule has 0 atom stereocenters. The number of carbonyl (C=O) groups is 1. The molecule has 0 bridgehead atoms. The largest absolute Gasteiger partial charge is 0.325 e. The zero-order valence-electron chi connectivity index (χ0n) is 12.9. The Hall–Kier alpha value is -2.63. The second-order valence-corrected chi connectivity index (χ2v) is 6.39. The third-order valence-corrected chi connectivity index (χ3v) is 5.00. The summed E-state index contributed by atoms with van der Waals surface area (Å²) in [5.74, 6) is 0.0421. The van der Waals surface area contributed by atoms with Crippen LogP contribution in [-0.2, 0) is 0 Å². The Bertz CT molecular complexity index is 944. The predicted octanol–water partition coefficient (Wildman–Crippen LogP) is 3.42. The second-order valence-electron chi connectivity index (χ2n) is 5.59. The molecule has 2 aromatic carbocycles. The highest BCUT2D eigenvalue weighted by molar-refractivity contribution is 7.10. The molecular weight excluding hydrogens is 318 g/mol. The molecule has 1 aliphatic rings. The van der Waals surface area contributed by atoms with Gasteiger partial charge in [0.25, 0.3) is 0 Å². The molecule has 0 fully saturated rings. The summed E-state index contributed by atoms with van der Waals surface area (Å²) in [7, 11) is 0. The molecule has 0 spiro atoms. The van der Waals surface area contributed by atoms with E-state index in [1.54, 1.807) is 0 Å². The van der Waals surface area contributed by atoms with Gasteiger partial charge in [-0.2, -0.15) is 4.37 Å². The summed E-state index contributed by atoms with van der Waals surface area (Å²) in [4.78, 5) is 17.5. The number of benzene rings is 2. The molecule has 4 nitrogen and oxygen atoms in total. The minimum absolute atomic E-state index is 0.0421. The first-order valence-electron chi connectivity index (χ1n) is 7.69. The standard InChI is InChI=1S/C19H15N3OS/c20-9-17-15-8-13(6-7-14(15)18(23)11-21-17)16-10-22-24-19(16)12-4-2-1-3-5-12/h1-8,10H,9,11,20H2. The third kappa shape index (κ3) is 2.48. The van der Waals surface area contributed by atoms with Crippen molar-refractivity contribution in [1.82, 2.24) is 4.37 Å². The number of nitrogens with two attached hydrogens (primary N) is 1. The summed E-state index contributed by atoms with van der Waals surface area (Å²) in [6, 6.07) is 16.0. The van der Waals surface area contributed by atoms with Crippen LogP contribution in [0.4, 0.5) is 0 Å². The van der Waals surface area contributed by atoms with Crippen LogP contribution in [0.3, 0.4) is 0 Å². The summed E-state index contributed by atoms with van der Waals surface area (Å²) in [5, 5.41) is 0. The molecule has 2 N–H and O–H groups in total. The van der Waals surface area contributed by atoms with Crippen molar-refractivity contribution in [3.8, 4) is 21.6 Å². The number of Topliss-reactive ketones (excluding diaryl/α,β-unsaturated/α-hetero) is 1. The summed E-state index contributed by atoms with van der Waals surface area (Å²) in [6.07, 6.45) is 1.87. The van der Waals surface area contributed by atoms with Gasteiger partial charge in [-0.1, -0.05) is 42.5 Å². The Morgan fingerprint density at radius 2 is 1.83 bits per heavy atom. The van der Waals surface area contributed by atoms with E-state index in [0.717, 1.165) is 32.8 Å². The van der Waals surface area contributed by atoms with Crippen LogP contribution in [-0.4, -0.2) is 29.0 Å². The summed E-state index contributed by atoms with van der Waals surface area (Å²) >= 11 is 1.47. The number of rotatable bonds is 3. The summed E-state index contributed by atoms with van der Waals surface area (Å²) in [6.45, 7) is 0.519. The second kappa shape index (κ2) is 6.11. The lowest BCUT2D eigenvalue weighted by Gasteiger charge is -2.16. The minimum Gasteiger partial charge on any atom is -0.325 e. The van der Waals surface area contributed by atoms with Crippen LogP contribution in [0.25, 0.3) is 21.6 Å². The number of aromatic nitrogens is 1. The van der Waals surface area contributed by atoms with Crippen LogP contribution in [0.15, 0.2) is 59.7 Å². The molecule has 1 aromatic heterocycles. The molecule has 0 saturated heterocycles. The van der Waals surface area contributed by atoms with Crippen molar-refractivity contribution in [2.75, 3.05) is 13.1 Å². The average Bonchev–Trinajstić information content (AvgIpc) is 3.12. The Morgan fingerprint density at radius 3 is 2.62 bits per heavy atom. The first-order valence-corrected chi connectivity index (χ1v) is 8.47. The number of aliphatic imine (C=N–C) groups is 1. The van der Waals surface area contributed by atoms with E-state index < -0.39 is 0 Å². The Kier molecular flexibility index (Phi) is 3.80. The van der Waals surface area contributed by atoms with E-state index in [0.29, 0.717) is 12.1 Å². The smallest absolute Gasteiger partial charge is 0.184 e. The molecule has 5 heteroatoms. The summed E-state index contributed by atoms with van der Waals surface area (Å²) in [5.41, 5.74) is 11.4. The Labute approximate surface area is 143 Å². The van der Waals surface area contributed by atoms with E-state index in [4.69, 9.17) is 5.73 Å². The number of hydrogen-bond donors (Lipinski definition) is 1. The van der Waals surface area contributed by atoms with E-state index in [-0.39, 0.29) is 12.3 Å². The molecule has 0 saturated carbocycles. The number of nitrogens with zero attached hydrogens (tertiary/aromatic N) is 2. The fourth-order valence-electron chi connectivity index (χ4n) is 2.95. The van der Waals surface area contributed by atoms with Gasteiger partial charge in [-0.15, -0.1) is 0 Å². The SMILES string of the molecule is NCC1=NCC(=O)c2ccc(-c3cnsc3-c3ccccc3)cc21. The molecule has 118 valence electrons. The van der Waals surface area contributed by atoms with Crippen molar-refractivity contribution in [2.24, 2.45) is 10.7 Å². The Morgan fingerprint density at radius 1 is 1.00 bits per heavy atom. The van der Waals surface area contributed by atoms with Crippen LogP contribution < -0.4 is 5.73 Å². The molecule has 24 heavy (non-hydrogen) atoms. The van der Waals surface area contributed by atoms with Crippen LogP contribution in [0.2, 0.25) is 0 Å². The van der Waals surface area contributed by atoms with Crippen molar-refractivity contribution in [1.29, 1.82) is 0 Å². The zero-order valence-corrected chi connectivity index (χ0v) is 13.7. The highest BCUT2D eigenvalue weighted by Crippen LogP contribution is 2.36. The maximum atomic E-state index is 12.1. The van der Waals surface area contributed by atoms with Gasteiger partial charge in [-0.25, -0.2) is 0 Å². The average molecular weight is 333 g/mol. The Balaban J connectivity index is 1.85. The molecule has 0 radical (unpaired) electrons. The number of carbonyl (C=O) groups excluding carboxylic acids is 1. The van der Waals surface area contributed by atoms with Gasteiger partial charge in [0, 0.05) is 29.4 Å². The molecule has 0 unspecified atom stereocenters. The van der Waals surface area contributed by atoms with Gasteiger partial charge >= 0.3 is 0 Å². The first-order chi connectivity index (χ1) is 11.8. The van der Waals surface area contributed by atoms with Crippen LogP contribution in [0, 0.1) is 0 Å². The monoisotopic (exact) mass is 333 g/mol. The van der Waals surface area contributed by atoms with Gasteiger partial charge in [0.1, 0.15) is 6.54 Å². The van der Waals surface area contributed by atoms with Gasteiger partial charge < -0.3 is 5.73 Å². The fraction of sp³-hybridized carbons (Fsp3) is 0.105. The molecule has 0 aliphatic carbocycles. The molecule has 4 rings (SSSR count). The molecule has 2 heterocycles. The fourth-order valence-corrected chi connectivity index (χ4v) is 3.72. The quantitative estimate of drug-likeness (QED) is 0.798. The van der Waals surface area contributed by atoms with E-state index >= 15 is 0 Å². The maximum Gasteiger partial charge on any atom is 0.184 e. The van der Waals surface area contributed by atoms with Gasteiger partial charge in [-0.3, -0.25) is 9.79 Å². The van der Waals surface area contributed by atoms with Crippen LogP contribution in [0.5, 0.6) is 0 Å². The topological polar surface area (TPSA) is 68.3 Å². The van der Waals surface area contributed by atoms with E-state index in [9.17, 15) is 4.79 Å². The molecule has 0 amide bonds. The molecule has 3 aromatic rings. The lowest BCUT2D eigenvalue weighted by Crippen LogP contribution is -2.24. The van der Waals surface area contributed by atoms with Crippen molar-refractivity contribution >= 4 is 23.0 Å². The molecular formula is C19H15N3OS. The predicted molar refractivity (Wildman–Crippen MR) is 97.8 cm³/mol. The van der Waals surface area contributed by atoms with Gasteiger partial charge in [-0.05, 0) is 28.7 Å². The van der Waals surface area contributed by atoms with Crippen LogP contribution >= 0.6 is 11.5 Å². The van der Waals surface area contributed by atoms with Gasteiger partial charge in [0.05, 0.1) is 10.6 Å². The number of hydrogen-bond acceptors (Lipinski definition) is 5. The van der Waals surface area contributed by atoms with Gasteiger partial charge in [0.15, 0.2) is 5.78 Å². The highest BCUT2D eigenvalue weighted by atomic mass is 32.1. The minimum atomic E-state index is 0.0421. The normalized spacial score (nSPS) is 13.5. The van der Waals surface area contributed by atoms with E-state index in [1.165, 1.54) is 11.5 Å². The van der Waals surface area contributed by atoms with E-state index in [1.807, 2.05) is 42.6 Å². The van der Waals surface area contributed by atoms with Crippen molar-refractivity contribution in [2.45, 2.75) is 0 Å². The first kappa shape index (κ1) is 14.9. The van der Waals surface area contributed by atoms with Gasteiger partial charge in [0.2, 0.25) is 0 Å². The van der Waals surface area contributed by atoms with E-state index in [2.05, 4.69) is 21.5 Å². The summed E-state index contributed by atoms with van der Waals surface area (Å²) < 4.78 is 4.36. The number of fused-ring (bicyclic) bond motifs is 1. The highest BCUT2D eigenvalue weighted by Gasteiger charge is 2.21. The zero-order chi connectivity index (χ0) is 16.5.